The van der Waals surface area contributed by atoms with Gasteiger partial charge < -0.3 is 18.9 Å². The van der Waals surface area contributed by atoms with E-state index < -0.39 is 78.5 Å². The normalized spacial score (nSPS) is 23.3. The molecular formula is C17H19F3N2O9. The van der Waals surface area contributed by atoms with Crippen molar-refractivity contribution in [2.75, 3.05) is 6.61 Å². The predicted octanol–water partition coefficient (Wildman–Crippen LogP) is -0.0347. The number of aromatic nitrogens is 2. The summed E-state index contributed by atoms with van der Waals surface area (Å²) in [6, 6.07) is 0. The minimum Gasteiger partial charge on any atom is -0.463 e. The Morgan fingerprint density at radius 3 is 2.16 bits per heavy atom. The molecule has 11 nitrogen and oxygen atoms in total. The summed E-state index contributed by atoms with van der Waals surface area (Å²) in [5, 5.41) is 0. The number of carbonyl (C=O) groups is 3. The van der Waals surface area contributed by atoms with Gasteiger partial charge in [-0.3, -0.25) is 28.7 Å². The van der Waals surface area contributed by atoms with E-state index in [1.165, 1.54) is 0 Å². The van der Waals surface area contributed by atoms with Crippen molar-refractivity contribution in [1.29, 1.82) is 0 Å². The zero-order chi connectivity index (χ0) is 23.5. The van der Waals surface area contributed by atoms with Crippen LogP contribution in [-0.2, 0) is 39.9 Å². The highest BCUT2D eigenvalue weighted by Gasteiger charge is 2.51. The Balaban J connectivity index is 2.53. The second-order valence-corrected chi connectivity index (χ2v) is 6.63. The maximum atomic E-state index is 12.8. The summed E-state index contributed by atoms with van der Waals surface area (Å²) in [4.78, 5) is 60.0. The third kappa shape index (κ3) is 6.41. The first-order valence-corrected chi connectivity index (χ1v) is 8.82. The van der Waals surface area contributed by atoms with Gasteiger partial charge in [0.1, 0.15) is 25.4 Å². The predicted molar refractivity (Wildman–Crippen MR) is 92.7 cm³/mol. The number of hydrogen-bond donors (Lipinski definition) is 1. The van der Waals surface area contributed by atoms with Crippen molar-refractivity contribution in [3.63, 3.8) is 0 Å². The molecule has 0 unspecified atom stereocenters. The van der Waals surface area contributed by atoms with E-state index in [0.717, 1.165) is 20.8 Å². The van der Waals surface area contributed by atoms with Gasteiger partial charge in [-0.15, -0.1) is 0 Å². The lowest BCUT2D eigenvalue weighted by Gasteiger charge is -2.23. The minimum atomic E-state index is -4.77. The summed E-state index contributed by atoms with van der Waals surface area (Å²) < 4.78 is 59.1. The molecule has 0 aliphatic carbocycles. The van der Waals surface area contributed by atoms with Gasteiger partial charge in [-0.2, -0.15) is 13.2 Å². The summed E-state index contributed by atoms with van der Waals surface area (Å²) in [5.74, 6) is -2.41. The van der Waals surface area contributed by atoms with Crippen LogP contribution in [0.3, 0.4) is 0 Å². The molecule has 2 heterocycles. The molecule has 4 atom stereocenters. The van der Waals surface area contributed by atoms with Gasteiger partial charge in [-0.1, -0.05) is 0 Å². The molecule has 1 aromatic rings. The molecule has 1 aliphatic heterocycles. The van der Waals surface area contributed by atoms with E-state index in [2.05, 4.69) is 0 Å². The zero-order valence-electron chi connectivity index (χ0n) is 16.6. The third-order valence-corrected chi connectivity index (χ3v) is 4.06. The number of nitrogens with one attached hydrogen (secondary N) is 1. The first-order valence-electron chi connectivity index (χ1n) is 8.82. The fraction of sp³-hybridized carbons (Fsp3) is 0.588. The molecule has 0 aromatic carbocycles. The molecule has 2 rings (SSSR count). The molecule has 172 valence electrons. The largest absolute Gasteiger partial charge is 0.463 e. The van der Waals surface area contributed by atoms with Crippen molar-refractivity contribution >= 4 is 17.9 Å². The van der Waals surface area contributed by atoms with Gasteiger partial charge in [0.25, 0.3) is 5.56 Å². The van der Waals surface area contributed by atoms with Gasteiger partial charge in [0.05, 0.1) is 5.56 Å². The molecule has 0 spiro atoms. The van der Waals surface area contributed by atoms with Crippen LogP contribution in [0.2, 0.25) is 0 Å². The van der Waals surface area contributed by atoms with Crippen LogP contribution >= 0.6 is 0 Å². The highest BCUT2D eigenvalue weighted by molar-refractivity contribution is 5.68. The Labute approximate surface area is 172 Å². The average molecular weight is 452 g/mol. The highest BCUT2D eigenvalue weighted by Crippen LogP contribution is 2.36. The van der Waals surface area contributed by atoms with E-state index >= 15 is 0 Å². The molecule has 0 bridgehead atoms. The summed E-state index contributed by atoms with van der Waals surface area (Å²) >= 11 is 0. The quantitative estimate of drug-likeness (QED) is 0.465. The Morgan fingerprint density at radius 1 is 1.06 bits per heavy atom. The maximum absolute atomic E-state index is 12.8. The van der Waals surface area contributed by atoms with Gasteiger partial charge >= 0.3 is 29.8 Å². The summed E-state index contributed by atoms with van der Waals surface area (Å²) in [6.07, 6.45) is -9.73. The van der Waals surface area contributed by atoms with Crippen LogP contribution in [0.15, 0.2) is 15.8 Å². The van der Waals surface area contributed by atoms with Crippen LogP contribution in [0.1, 0.15) is 32.4 Å². The van der Waals surface area contributed by atoms with Crippen LogP contribution in [0.5, 0.6) is 0 Å². The molecule has 1 aliphatic rings. The Bertz CT molecular complexity index is 969. The number of alkyl halides is 3. The standard InChI is InChI=1S/C17H19F3N2O9/c1-7(23)28-5-11-13(29-8(2)24)14(30-9(3)25)12(31-11)10-4-22(6-17(18,19)20)16(27)21-15(10)26/h4,11-14H,5-6H2,1-3H3,(H,21,26,27)/t11-,12+,13-,14+/m1/s1. The SMILES string of the molecule is CC(=O)OC[C@H]1O[C@@H](c2cn(CC(F)(F)F)c(=O)[nH]c2=O)[C@H](OC(C)=O)[C@@H]1OC(C)=O. The van der Waals surface area contributed by atoms with E-state index in [1.54, 1.807) is 4.98 Å². The number of esters is 3. The van der Waals surface area contributed by atoms with Gasteiger partial charge in [-0.05, 0) is 0 Å². The lowest BCUT2D eigenvalue weighted by atomic mass is 10.0. The smallest absolute Gasteiger partial charge is 0.406 e. The Morgan fingerprint density at radius 2 is 1.65 bits per heavy atom. The number of carbonyl (C=O) groups excluding carboxylic acids is 3. The Hall–Kier alpha value is -3.16. The van der Waals surface area contributed by atoms with Crippen molar-refractivity contribution in [3.8, 4) is 0 Å². The lowest BCUT2D eigenvalue weighted by Crippen LogP contribution is -2.41. The van der Waals surface area contributed by atoms with Gasteiger partial charge in [-0.25, -0.2) is 4.79 Å². The first-order chi connectivity index (χ1) is 14.3. The van der Waals surface area contributed by atoms with E-state index in [1.807, 2.05) is 0 Å². The van der Waals surface area contributed by atoms with Gasteiger partial charge in [0.15, 0.2) is 12.2 Å². The van der Waals surface area contributed by atoms with E-state index in [9.17, 15) is 37.1 Å². The number of hydrogen-bond acceptors (Lipinski definition) is 9. The van der Waals surface area contributed by atoms with Crippen molar-refractivity contribution in [2.24, 2.45) is 0 Å². The second-order valence-electron chi connectivity index (χ2n) is 6.63. The number of halogens is 3. The monoisotopic (exact) mass is 452 g/mol. The van der Waals surface area contributed by atoms with Crippen molar-refractivity contribution in [3.05, 3.63) is 32.6 Å². The molecule has 1 aromatic heterocycles. The minimum absolute atomic E-state index is 0.200. The van der Waals surface area contributed by atoms with Crippen molar-refractivity contribution in [2.45, 2.75) is 57.9 Å². The molecule has 1 N–H and O–H groups in total. The van der Waals surface area contributed by atoms with E-state index in [-0.39, 0.29) is 4.57 Å². The highest BCUT2D eigenvalue weighted by atomic mass is 19.4. The van der Waals surface area contributed by atoms with Crippen molar-refractivity contribution in [1.82, 2.24) is 9.55 Å². The molecule has 31 heavy (non-hydrogen) atoms. The van der Waals surface area contributed by atoms with Crippen LogP contribution in [0.25, 0.3) is 0 Å². The topological polar surface area (TPSA) is 143 Å². The molecule has 0 amide bonds. The lowest BCUT2D eigenvalue weighted by molar-refractivity contribution is -0.165. The number of ether oxygens (including phenoxy) is 4. The van der Waals surface area contributed by atoms with Crippen LogP contribution in [0, 0.1) is 0 Å². The first kappa shape index (κ1) is 24.1. The van der Waals surface area contributed by atoms with Crippen molar-refractivity contribution < 1.29 is 46.5 Å². The molecule has 1 saturated heterocycles. The van der Waals surface area contributed by atoms with Gasteiger partial charge in [0, 0.05) is 27.0 Å². The number of aromatic amines is 1. The molecule has 14 heteroatoms. The fourth-order valence-corrected chi connectivity index (χ4v) is 3.01. The average Bonchev–Trinajstić information content (AvgIpc) is 2.91. The maximum Gasteiger partial charge on any atom is 0.406 e. The molecular weight excluding hydrogens is 433 g/mol. The van der Waals surface area contributed by atoms with E-state index in [4.69, 9.17) is 18.9 Å². The Kier molecular flexibility index (Phi) is 7.25. The van der Waals surface area contributed by atoms with Crippen LogP contribution in [-0.4, -0.2) is 58.6 Å². The summed E-state index contributed by atoms with van der Waals surface area (Å²) in [5.41, 5.74) is -2.90. The van der Waals surface area contributed by atoms with E-state index in [0.29, 0.717) is 6.20 Å². The molecule has 0 radical (unpaired) electrons. The van der Waals surface area contributed by atoms with Gasteiger partial charge in [0.2, 0.25) is 0 Å². The fourth-order valence-electron chi connectivity index (χ4n) is 3.01. The third-order valence-electron chi connectivity index (χ3n) is 4.06. The number of rotatable bonds is 6. The second kappa shape index (κ2) is 9.32. The number of H-pyrrole nitrogens is 1. The number of nitrogens with zero attached hydrogens (tertiary/aromatic N) is 1. The summed E-state index contributed by atoms with van der Waals surface area (Å²) in [6.45, 7) is 0.967. The van der Waals surface area contributed by atoms with Crippen LogP contribution in [0.4, 0.5) is 13.2 Å². The molecule has 1 fully saturated rings. The van der Waals surface area contributed by atoms with Crippen LogP contribution < -0.4 is 11.2 Å². The summed E-state index contributed by atoms with van der Waals surface area (Å²) in [7, 11) is 0. The zero-order valence-corrected chi connectivity index (χ0v) is 16.6. The molecule has 0 saturated carbocycles.